The lowest BCUT2D eigenvalue weighted by molar-refractivity contribution is 0.102. The van der Waals surface area contributed by atoms with Gasteiger partial charge < -0.3 is 10.2 Å². The van der Waals surface area contributed by atoms with Crippen molar-refractivity contribution in [2.75, 3.05) is 16.8 Å². The maximum atomic E-state index is 14.0. The third-order valence-corrected chi connectivity index (χ3v) is 6.53. The predicted molar refractivity (Wildman–Crippen MR) is 112 cm³/mol. The van der Waals surface area contributed by atoms with E-state index in [2.05, 4.69) is 22.1 Å². The molecule has 29 heavy (non-hydrogen) atoms. The molecule has 152 valence electrons. The van der Waals surface area contributed by atoms with Gasteiger partial charge in [0.15, 0.2) is 0 Å². The number of aryl methyl sites for hydroxylation is 2. The van der Waals surface area contributed by atoms with Gasteiger partial charge in [0.25, 0.3) is 5.91 Å². The minimum absolute atomic E-state index is 0.0552. The Balaban J connectivity index is 1.75. The predicted octanol–water partition coefficient (Wildman–Crippen LogP) is 5.22. The molecule has 1 saturated heterocycles. The SMILES string of the molecule is Cc1nc(N2CCCCC2C)c2c(C)c(C(=O)Nc3ccc(F)cc3F)sc2n1. The summed E-state index contributed by atoms with van der Waals surface area (Å²) in [6.45, 7) is 6.82. The highest BCUT2D eigenvalue weighted by molar-refractivity contribution is 7.20. The average Bonchev–Trinajstić information content (AvgIpc) is 3.00. The summed E-state index contributed by atoms with van der Waals surface area (Å²) in [4.78, 5) is 25.6. The molecule has 0 aliphatic carbocycles. The number of hydrogen-bond acceptors (Lipinski definition) is 5. The van der Waals surface area contributed by atoms with Gasteiger partial charge in [-0.15, -0.1) is 11.3 Å². The molecule has 1 amide bonds. The Morgan fingerprint density at radius 1 is 1.24 bits per heavy atom. The van der Waals surface area contributed by atoms with Crippen molar-refractivity contribution in [2.45, 2.75) is 46.1 Å². The van der Waals surface area contributed by atoms with Crippen molar-refractivity contribution in [2.24, 2.45) is 0 Å². The number of amides is 1. The monoisotopic (exact) mass is 416 g/mol. The topological polar surface area (TPSA) is 58.1 Å². The maximum Gasteiger partial charge on any atom is 0.266 e. The van der Waals surface area contributed by atoms with Gasteiger partial charge in [0.2, 0.25) is 0 Å². The van der Waals surface area contributed by atoms with Gasteiger partial charge in [-0.3, -0.25) is 4.79 Å². The Hall–Kier alpha value is -2.61. The van der Waals surface area contributed by atoms with Crippen molar-refractivity contribution in [3.63, 3.8) is 0 Å². The molecule has 8 heteroatoms. The van der Waals surface area contributed by atoms with Crippen LogP contribution in [0.3, 0.4) is 0 Å². The van der Waals surface area contributed by atoms with Gasteiger partial charge >= 0.3 is 0 Å². The van der Waals surface area contributed by atoms with Crippen LogP contribution in [0.5, 0.6) is 0 Å². The fourth-order valence-electron chi connectivity index (χ4n) is 3.83. The molecule has 1 aliphatic rings. The van der Waals surface area contributed by atoms with Crippen molar-refractivity contribution in [1.29, 1.82) is 0 Å². The molecule has 0 bridgehead atoms. The number of carbonyl (C=O) groups is 1. The zero-order valence-electron chi connectivity index (χ0n) is 16.6. The third-order valence-electron chi connectivity index (χ3n) is 5.34. The first-order chi connectivity index (χ1) is 13.8. The van der Waals surface area contributed by atoms with E-state index in [1.165, 1.54) is 23.8 Å². The molecule has 4 rings (SSSR count). The van der Waals surface area contributed by atoms with Gasteiger partial charge in [-0.05, 0) is 57.7 Å². The summed E-state index contributed by atoms with van der Waals surface area (Å²) in [5.41, 5.74) is 0.721. The highest BCUT2D eigenvalue weighted by atomic mass is 32.1. The largest absolute Gasteiger partial charge is 0.353 e. The standard InChI is InChI=1S/C21H22F2N4OS/c1-11-6-4-5-9-27(11)19-17-12(2)18(29-21(17)25-13(3)24-19)20(28)26-16-8-7-14(22)10-15(16)23/h7-8,10-11H,4-6,9H2,1-3H3,(H,26,28). The molecule has 5 nitrogen and oxygen atoms in total. The first-order valence-electron chi connectivity index (χ1n) is 9.66. The lowest BCUT2D eigenvalue weighted by atomic mass is 10.0. The molecule has 2 aromatic heterocycles. The number of anilines is 2. The van der Waals surface area contributed by atoms with Crippen LogP contribution in [0, 0.1) is 25.5 Å². The van der Waals surface area contributed by atoms with Gasteiger partial charge in [0, 0.05) is 18.7 Å². The van der Waals surface area contributed by atoms with E-state index in [1.807, 2.05) is 13.8 Å². The summed E-state index contributed by atoms with van der Waals surface area (Å²) >= 11 is 1.27. The smallest absolute Gasteiger partial charge is 0.266 e. The number of nitrogens with one attached hydrogen (secondary N) is 1. The molecule has 1 unspecified atom stereocenters. The highest BCUT2D eigenvalue weighted by Gasteiger charge is 2.26. The van der Waals surface area contributed by atoms with Crippen LogP contribution in [0.15, 0.2) is 18.2 Å². The number of nitrogens with zero attached hydrogens (tertiary/aromatic N) is 3. The molecular weight excluding hydrogens is 394 g/mol. The summed E-state index contributed by atoms with van der Waals surface area (Å²) < 4.78 is 27.1. The first-order valence-corrected chi connectivity index (χ1v) is 10.5. The molecule has 1 aliphatic heterocycles. The minimum atomic E-state index is -0.810. The summed E-state index contributed by atoms with van der Waals surface area (Å²) in [5.74, 6) is -0.421. The van der Waals surface area contributed by atoms with Crippen LogP contribution in [-0.2, 0) is 0 Å². The second-order valence-electron chi connectivity index (χ2n) is 7.45. The van der Waals surface area contributed by atoms with Crippen LogP contribution in [0.1, 0.15) is 47.2 Å². The number of fused-ring (bicyclic) bond motifs is 1. The van der Waals surface area contributed by atoms with Crippen LogP contribution < -0.4 is 10.2 Å². The zero-order valence-corrected chi connectivity index (χ0v) is 17.4. The fourth-order valence-corrected chi connectivity index (χ4v) is 4.94. The molecule has 3 aromatic rings. The van der Waals surface area contributed by atoms with E-state index < -0.39 is 17.5 Å². The molecule has 1 atom stereocenters. The molecule has 3 heterocycles. The number of carbonyl (C=O) groups excluding carboxylic acids is 1. The molecule has 0 radical (unpaired) electrons. The Labute approximate surface area is 171 Å². The Kier molecular flexibility index (Phi) is 5.21. The number of piperidine rings is 1. The van der Waals surface area contributed by atoms with Crippen LogP contribution in [0.2, 0.25) is 0 Å². The lowest BCUT2D eigenvalue weighted by Crippen LogP contribution is -2.38. The number of hydrogen-bond donors (Lipinski definition) is 1. The quantitative estimate of drug-likeness (QED) is 0.636. The molecule has 0 spiro atoms. The van der Waals surface area contributed by atoms with Crippen LogP contribution in [0.25, 0.3) is 10.2 Å². The van der Waals surface area contributed by atoms with E-state index in [9.17, 15) is 13.6 Å². The van der Waals surface area contributed by atoms with Crippen molar-refractivity contribution >= 4 is 39.0 Å². The van der Waals surface area contributed by atoms with Crippen molar-refractivity contribution in [3.8, 4) is 0 Å². The van der Waals surface area contributed by atoms with Gasteiger partial charge in [-0.2, -0.15) is 0 Å². The number of halogens is 2. The summed E-state index contributed by atoms with van der Waals surface area (Å²) in [6, 6.07) is 3.45. The van der Waals surface area contributed by atoms with Crippen molar-refractivity contribution in [1.82, 2.24) is 9.97 Å². The van der Waals surface area contributed by atoms with Gasteiger partial charge in [0.05, 0.1) is 16.0 Å². The summed E-state index contributed by atoms with van der Waals surface area (Å²) in [5, 5.41) is 3.42. The first kappa shape index (κ1) is 19.7. The Morgan fingerprint density at radius 2 is 2.03 bits per heavy atom. The lowest BCUT2D eigenvalue weighted by Gasteiger charge is -2.35. The van der Waals surface area contributed by atoms with Crippen molar-refractivity contribution < 1.29 is 13.6 Å². The number of benzene rings is 1. The Bertz CT molecular complexity index is 1100. The van der Waals surface area contributed by atoms with E-state index >= 15 is 0 Å². The number of aromatic nitrogens is 2. The van der Waals surface area contributed by atoms with E-state index in [4.69, 9.17) is 4.98 Å². The number of rotatable bonds is 3. The molecular formula is C21H22F2N4OS. The van der Waals surface area contributed by atoms with E-state index in [0.717, 1.165) is 53.1 Å². The second kappa shape index (κ2) is 7.67. The zero-order chi connectivity index (χ0) is 20.7. The average molecular weight is 416 g/mol. The normalized spacial score (nSPS) is 17.0. The van der Waals surface area contributed by atoms with Crippen molar-refractivity contribution in [3.05, 3.63) is 46.1 Å². The fraction of sp³-hybridized carbons (Fsp3) is 0.381. The summed E-state index contributed by atoms with van der Waals surface area (Å²) in [7, 11) is 0. The third kappa shape index (κ3) is 3.69. The van der Waals surface area contributed by atoms with Crippen LogP contribution >= 0.6 is 11.3 Å². The van der Waals surface area contributed by atoms with E-state index in [1.54, 1.807) is 0 Å². The molecule has 1 aromatic carbocycles. The molecule has 1 fully saturated rings. The minimum Gasteiger partial charge on any atom is -0.353 e. The maximum absolute atomic E-state index is 14.0. The van der Waals surface area contributed by atoms with Gasteiger partial charge in [-0.25, -0.2) is 18.7 Å². The van der Waals surface area contributed by atoms with Gasteiger partial charge in [-0.1, -0.05) is 0 Å². The molecule has 0 saturated carbocycles. The highest BCUT2D eigenvalue weighted by Crippen LogP contribution is 2.37. The van der Waals surface area contributed by atoms with E-state index in [-0.39, 0.29) is 5.69 Å². The van der Waals surface area contributed by atoms with Gasteiger partial charge in [0.1, 0.15) is 28.1 Å². The van der Waals surface area contributed by atoms with Crippen LogP contribution in [-0.4, -0.2) is 28.5 Å². The second-order valence-corrected chi connectivity index (χ2v) is 8.45. The molecule has 1 N–H and O–H groups in total. The van der Waals surface area contributed by atoms with E-state index in [0.29, 0.717) is 16.7 Å². The summed E-state index contributed by atoms with van der Waals surface area (Å²) in [6.07, 6.45) is 3.41. The Morgan fingerprint density at radius 3 is 2.76 bits per heavy atom. The number of thiophene rings is 1. The van der Waals surface area contributed by atoms with Crippen LogP contribution in [0.4, 0.5) is 20.3 Å².